The van der Waals surface area contributed by atoms with Crippen molar-refractivity contribution < 1.29 is 9.66 Å². The van der Waals surface area contributed by atoms with Crippen LogP contribution in [0.3, 0.4) is 0 Å². The summed E-state index contributed by atoms with van der Waals surface area (Å²) in [4.78, 5) is 15.4. The molecule has 8 heteroatoms. The number of ether oxygens (including phenoxy) is 1. The van der Waals surface area contributed by atoms with Crippen molar-refractivity contribution in [3.05, 3.63) is 68.6 Å². The molecule has 0 saturated carbocycles. The lowest BCUT2D eigenvalue weighted by atomic mass is 10.1. The second-order valence-corrected chi connectivity index (χ2v) is 7.40. The molecule has 0 saturated heterocycles. The second kappa shape index (κ2) is 9.29. The SMILES string of the molecule is CCCOc1ccc(/C=N\Nc2nc(-c3ccc(C)c(C)c3)cs2)cc1[N+](=O)[O-]. The van der Waals surface area contributed by atoms with Crippen molar-refractivity contribution in [2.45, 2.75) is 27.2 Å². The van der Waals surface area contributed by atoms with Gasteiger partial charge in [0.2, 0.25) is 5.13 Å². The van der Waals surface area contributed by atoms with Crippen molar-refractivity contribution in [3.8, 4) is 17.0 Å². The normalized spacial score (nSPS) is 11.0. The highest BCUT2D eigenvalue weighted by molar-refractivity contribution is 7.14. The van der Waals surface area contributed by atoms with Gasteiger partial charge in [0.15, 0.2) is 5.75 Å². The summed E-state index contributed by atoms with van der Waals surface area (Å²) in [6, 6.07) is 11.0. The molecule has 3 aromatic rings. The first kappa shape index (κ1) is 20.5. The third-order valence-electron chi connectivity index (χ3n) is 4.32. The van der Waals surface area contributed by atoms with Crippen LogP contribution in [0.5, 0.6) is 5.75 Å². The highest BCUT2D eigenvalue weighted by Crippen LogP contribution is 2.28. The second-order valence-electron chi connectivity index (χ2n) is 6.54. The highest BCUT2D eigenvalue weighted by Gasteiger charge is 2.15. The quantitative estimate of drug-likeness (QED) is 0.298. The molecule has 0 fully saturated rings. The molecule has 0 atom stereocenters. The minimum atomic E-state index is -0.452. The Labute approximate surface area is 173 Å². The number of nitrogens with zero attached hydrogens (tertiary/aromatic N) is 3. The Morgan fingerprint density at radius 3 is 2.79 bits per heavy atom. The van der Waals surface area contributed by atoms with Crippen LogP contribution in [0.2, 0.25) is 0 Å². The molecule has 0 bridgehead atoms. The van der Waals surface area contributed by atoms with E-state index >= 15 is 0 Å². The lowest BCUT2D eigenvalue weighted by Crippen LogP contribution is -2.00. The number of hydrogen-bond donors (Lipinski definition) is 1. The highest BCUT2D eigenvalue weighted by atomic mass is 32.1. The van der Waals surface area contributed by atoms with E-state index in [9.17, 15) is 10.1 Å². The minimum absolute atomic E-state index is 0.0753. The predicted molar refractivity (Wildman–Crippen MR) is 117 cm³/mol. The van der Waals surface area contributed by atoms with Gasteiger partial charge in [-0.1, -0.05) is 19.1 Å². The number of thiazole rings is 1. The Bertz CT molecular complexity index is 1050. The third kappa shape index (κ3) is 5.17. The molecule has 0 spiro atoms. The van der Waals surface area contributed by atoms with Crippen molar-refractivity contribution in [3.63, 3.8) is 0 Å². The maximum absolute atomic E-state index is 11.3. The maximum atomic E-state index is 11.3. The smallest absolute Gasteiger partial charge is 0.311 e. The Morgan fingerprint density at radius 1 is 1.24 bits per heavy atom. The largest absolute Gasteiger partial charge is 0.487 e. The van der Waals surface area contributed by atoms with Crippen LogP contribution in [0.15, 0.2) is 46.9 Å². The molecule has 150 valence electrons. The molecule has 0 aliphatic heterocycles. The minimum Gasteiger partial charge on any atom is -0.487 e. The number of hydrazone groups is 1. The molecule has 1 aromatic heterocycles. The van der Waals surface area contributed by atoms with Gasteiger partial charge in [-0.3, -0.25) is 15.5 Å². The van der Waals surface area contributed by atoms with Gasteiger partial charge in [0.25, 0.3) is 0 Å². The van der Waals surface area contributed by atoms with Crippen LogP contribution in [0.25, 0.3) is 11.3 Å². The van der Waals surface area contributed by atoms with E-state index < -0.39 is 4.92 Å². The van der Waals surface area contributed by atoms with E-state index in [2.05, 4.69) is 41.5 Å². The summed E-state index contributed by atoms with van der Waals surface area (Å²) in [5.74, 6) is 0.264. The van der Waals surface area contributed by atoms with Gasteiger partial charge in [-0.2, -0.15) is 5.10 Å². The van der Waals surface area contributed by atoms with Crippen LogP contribution in [-0.4, -0.2) is 22.7 Å². The van der Waals surface area contributed by atoms with Crippen LogP contribution in [0.1, 0.15) is 30.0 Å². The number of anilines is 1. The average molecular weight is 410 g/mol. The molecule has 0 aliphatic carbocycles. The summed E-state index contributed by atoms with van der Waals surface area (Å²) < 4.78 is 5.43. The summed E-state index contributed by atoms with van der Waals surface area (Å²) >= 11 is 1.44. The number of nitro groups is 1. The zero-order valence-corrected chi connectivity index (χ0v) is 17.3. The Balaban J connectivity index is 1.70. The molecule has 0 aliphatic rings. The van der Waals surface area contributed by atoms with E-state index in [1.165, 1.54) is 34.7 Å². The monoisotopic (exact) mass is 410 g/mol. The maximum Gasteiger partial charge on any atom is 0.311 e. The number of benzene rings is 2. The summed E-state index contributed by atoms with van der Waals surface area (Å²) in [6.07, 6.45) is 2.30. The molecule has 3 rings (SSSR count). The first-order valence-corrected chi connectivity index (χ1v) is 10.1. The summed E-state index contributed by atoms with van der Waals surface area (Å²) in [5, 5.41) is 18.0. The van der Waals surface area contributed by atoms with Gasteiger partial charge in [-0.15, -0.1) is 11.3 Å². The first-order chi connectivity index (χ1) is 14.0. The Hall–Kier alpha value is -3.26. The van der Waals surface area contributed by atoms with Gasteiger partial charge in [0, 0.05) is 22.6 Å². The van der Waals surface area contributed by atoms with E-state index in [-0.39, 0.29) is 11.4 Å². The topological polar surface area (TPSA) is 89.7 Å². The van der Waals surface area contributed by atoms with E-state index in [1.54, 1.807) is 12.1 Å². The molecule has 1 heterocycles. The first-order valence-electron chi connectivity index (χ1n) is 9.21. The van der Waals surface area contributed by atoms with Crippen LogP contribution < -0.4 is 10.2 Å². The van der Waals surface area contributed by atoms with Gasteiger partial charge >= 0.3 is 5.69 Å². The number of nitrogens with one attached hydrogen (secondary N) is 1. The zero-order valence-electron chi connectivity index (χ0n) is 16.5. The third-order valence-corrected chi connectivity index (χ3v) is 5.07. The van der Waals surface area contributed by atoms with E-state index in [4.69, 9.17) is 4.74 Å². The summed E-state index contributed by atoms with van der Waals surface area (Å²) in [7, 11) is 0. The fourth-order valence-electron chi connectivity index (χ4n) is 2.61. The summed E-state index contributed by atoms with van der Waals surface area (Å²) in [5.41, 5.74) is 7.80. The molecule has 29 heavy (non-hydrogen) atoms. The number of rotatable bonds is 8. The van der Waals surface area contributed by atoms with E-state index in [0.29, 0.717) is 17.3 Å². The zero-order chi connectivity index (χ0) is 20.8. The predicted octanol–water partition coefficient (Wildman–Crippen LogP) is 5.57. The molecule has 0 unspecified atom stereocenters. The van der Waals surface area contributed by atoms with Crippen LogP contribution in [-0.2, 0) is 0 Å². The van der Waals surface area contributed by atoms with E-state index in [1.807, 2.05) is 18.4 Å². The summed E-state index contributed by atoms with van der Waals surface area (Å²) in [6.45, 7) is 6.53. The standard InChI is InChI=1S/C21H22N4O3S/c1-4-9-28-20-8-6-16(11-19(20)25(26)27)12-22-24-21-23-18(13-29-21)17-7-5-14(2)15(3)10-17/h5-8,10-13H,4,9H2,1-3H3,(H,23,24)/b22-12-. The van der Waals surface area contributed by atoms with Gasteiger partial charge in [0.1, 0.15) is 0 Å². The van der Waals surface area contributed by atoms with Gasteiger partial charge in [-0.05, 0) is 49.6 Å². The van der Waals surface area contributed by atoms with Crippen LogP contribution in [0, 0.1) is 24.0 Å². The van der Waals surface area contributed by atoms with Gasteiger partial charge in [-0.25, -0.2) is 4.98 Å². The lowest BCUT2D eigenvalue weighted by molar-refractivity contribution is -0.385. The van der Waals surface area contributed by atoms with Crippen molar-refractivity contribution in [1.82, 2.24) is 4.98 Å². The number of aryl methyl sites for hydroxylation is 2. The van der Waals surface area contributed by atoms with Crippen molar-refractivity contribution in [2.75, 3.05) is 12.0 Å². The number of hydrogen-bond acceptors (Lipinski definition) is 7. The van der Waals surface area contributed by atoms with Crippen molar-refractivity contribution >= 4 is 28.4 Å². The molecule has 7 nitrogen and oxygen atoms in total. The van der Waals surface area contributed by atoms with Crippen molar-refractivity contribution in [2.24, 2.45) is 5.10 Å². The van der Waals surface area contributed by atoms with Crippen LogP contribution in [0.4, 0.5) is 10.8 Å². The average Bonchev–Trinajstić information content (AvgIpc) is 3.17. The number of nitro benzene ring substituents is 1. The van der Waals surface area contributed by atoms with Gasteiger partial charge in [0.05, 0.1) is 23.4 Å². The fraction of sp³-hybridized carbons (Fsp3) is 0.238. The fourth-order valence-corrected chi connectivity index (χ4v) is 3.28. The molecular weight excluding hydrogens is 388 g/mol. The molecule has 1 N–H and O–H groups in total. The Morgan fingerprint density at radius 2 is 2.07 bits per heavy atom. The molecule has 2 aromatic carbocycles. The van der Waals surface area contributed by atoms with Crippen molar-refractivity contribution in [1.29, 1.82) is 0 Å². The lowest BCUT2D eigenvalue weighted by Gasteiger charge is -2.05. The molecule has 0 amide bonds. The van der Waals surface area contributed by atoms with E-state index in [0.717, 1.165) is 17.7 Å². The molecular formula is C21H22N4O3S. The molecule has 0 radical (unpaired) electrons. The van der Waals surface area contributed by atoms with Gasteiger partial charge < -0.3 is 4.74 Å². The Kier molecular flexibility index (Phi) is 6.56. The van der Waals surface area contributed by atoms with Crippen LogP contribution >= 0.6 is 11.3 Å². The number of aromatic nitrogens is 1.